The quantitative estimate of drug-likeness (QED) is 0.725. The molecular weight excluding hydrogens is 272 g/mol. The summed E-state index contributed by atoms with van der Waals surface area (Å²) >= 11 is 0. The van der Waals surface area contributed by atoms with E-state index in [1.807, 2.05) is 24.3 Å². The van der Waals surface area contributed by atoms with E-state index in [0.29, 0.717) is 18.2 Å². The van der Waals surface area contributed by atoms with E-state index in [4.69, 9.17) is 0 Å². The zero-order chi connectivity index (χ0) is 15.2. The van der Waals surface area contributed by atoms with E-state index in [1.165, 1.54) is 5.56 Å². The molecule has 1 atom stereocenters. The molecule has 0 spiro atoms. The molecule has 0 heterocycles. The Balaban J connectivity index is 2.65. The first kappa shape index (κ1) is 17.0. The Morgan fingerprint density at radius 2 is 1.70 bits per heavy atom. The van der Waals surface area contributed by atoms with Crippen LogP contribution in [0.3, 0.4) is 0 Å². The maximum Gasteiger partial charge on any atom is 0.236 e. The van der Waals surface area contributed by atoms with Crippen LogP contribution in [0.5, 0.6) is 0 Å². The molecule has 0 bridgehead atoms. The molecule has 1 aromatic rings. The second-order valence-electron chi connectivity index (χ2n) is 5.44. The number of benzene rings is 1. The highest BCUT2D eigenvalue weighted by Crippen LogP contribution is 2.18. The van der Waals surface area contributed by atoms with E-state index in [0.717, 1.165) is 13.0 Å². The van der Waals surface area contributed by atoms with Gasteiger partial charge in [0.1, 0.15) is 0 Å². The molecular formula is C15H26N2O2S. The fourth-order valence-electron chi connectivity index (χ4n) is 1.79. The molecule has 0 saturated carbocycles. The van der Waals surface area contributed by atoms with Crippen LogP contribution in [0, 0.1) is 0 Å². The third-order valence-corrected chi connectivity index (χ3v) is 4.97. The average molecular weight is 298 g/mol. The van der Waals surface area contributed by atoms with Gasteiger partial charge in [0.2, 0.25) is 10.0 Å². The predicted molar refractivity (Wildman–Crippen MR) is 85.7 cm³/mol. The second-order valence-corrected chi connectivity index (χ2v) is 7.54. The second kappa shape index (κ2) is 7.64. The van der Waals surface area contributed by atoms with E-state index < -0.39 is 15.3 Å². The maximum atomic E-state index is 12.2. The topological polar surface area (TPSA) is 58.2 Å². The molecule has 0 aromatic heterocycles. The van der Waals surface area contributed by atoms with Gasteiger partial charge in [0.05, 0.1) is 5.25 Å². The Kier molecular flexibility index (Phi) is 6.49. The van der Waals surface area contributed by atoms with Gasteiger partial charge in [-0.15, -0.1) is 0 Å². The van der Waals surface area contributed by atoms with Gasteiger partial charge in [-0.1, -0.05) is 32.9 Å². The van der Waals surface area contributed by atoms with Gasteiger partial charge >= 0.3 is 0 Å². The Hall–Kier alpha value is -1.07. The van der Waals surface area contributed by atoms with E-state index >= 15 is 0 Å². The number of nitrogens with one attached hydrogen (secondary N) is 2. The minimum atomic E-state index is -3.34. The van der Waals surface area contributed by atoms with Crippen LogP contribution >= 0.6 is 0 Å². The molecule has 1 aromatic carbocycles. The fourth-order valence-corrected chi connectivity index (χ4v) is 2.80. The van der Waals surface area contributed by atoms with E-state index in [1.54, 1.807) is 6.92 Å². The third-order valence-electron chi connectivity index (χ3n) is 3.23. The molecule has 0 saturated heterocycles. The van der Waals surface area contributed by atoms with Crippen LogP contribution in [0.15, 0.2) is 24.3 Å². The molecule has 0 aliphatic carbocycles. The Labute approximate surface area is 123 Å². The van der Waals surface area contributed by atoms with Gasteiger partial charge in [0.15, 0.2) is 0 Å². The van der Waals surface area contributed by atoms with Crippen molar-refractivity contribution in [3.8, 4) is 0 Å². The van der Waals surface area contributed by atoms with Gasteiger partial charge < -0.3 is 5.32 Å². The smallest absolute Gasteiger partial charge is 0.236 e. The summed E-state index contributed by atoms with van der Waals surface area (Å²) in [5.41, 5.74) is 1.82. The molecule has 5 heteroatoms. The Morgan fingerprint density at radius 3 is 2.20 bits per heavy atom. The zero-order valence-corrected chi connectivity index (χ0v) is 13.6. The van der Waals surface area contributed by atoms with Crippen LogP contribution in [0.1, 0.15) is 45.6 Å². The lowest BCUT2D eigenvalue weighted by atomic mass is 10.0. The van der Waals surface area contributed by atoms with Gasteiger partial charge in [-0.25, -0.2) is 8.42 Å². The number of anilines is 1. The molecule has 0 radical (unpaired) electrons. The normalized spacial score (nSPS) is 13.4. The standard InChI is InChI=1S/C15H26N2O2S/c1-5-10-16-11-13(4)20(18,19)17-15-8-6-14(7-9-15)12(2)3/h6-9,12-13,16-17H,5,10-11H2,1-4H3. The molecule has 4 nitrogen and oxygen atoms in total. The van der Waals surface area contributed by atoms with Crippen molar-refractivity contribution in [1.29, 1.82) is 0 Å². The Bertz CT molecular complexity index is 495. The van der Waals surface area contributed by atoms with Crippen molar-refractivity contribution in [1.82, 2.24) is 5.32 Å². The maximum absolute atomic E-state index is 12.2. The lowest BCUT2D eigenvalue weighted by Crippen LogP contribution is -2.35. The summed E-state index contributed by atoms with van der Waals surface area (Å²) in [6, 6.07) is 7.56. The third kappa shape index (κ3) is 5.13. The van der Waals surface area contributed by atoms with Crippen LogP contribution in [-0.4, -0.2) is 26.8 Å². The van der Waals surface area contributed by atoms with Crippen molar-refractivity contribution in [3.05, 3.63) is 29.8 Å². The van der Waals surface area contributed by atoms with Gasteiger partial charge in [-0.2, -0.15) is 0 Å². The number of rotatable bonds is 8. The van der Waals surface area contributed by atoms with Gasteiger partial charge in [0.25, 0.3) is 0 Å². The Morgan fingerprint density at radius 1 is 1.10 bits per heavy atom. The van der Waals surface area contributed by atoms with Gasteiger partial charge in [0, 0.05) is 12.2 Å². The molecule has 2 N–H and O–H groups in total. The van der Waals surface area contributed by atoms with Crippen LogP contribution in [-0.2, 0) is 10.0 Å². The molecule has 114 valence electrons. The van der Waals surface area contributed by atoms with Crippen LogP contribution in [0.2, 0.25) is 0 Å². The highest BCUT2D eigenvalue weighted by molar-refractivity contribution is 7.93. The first-order valence-corrected chi connectivity index (χ1v) is 8.73. The molecule has 0 fully saturated rings. The largest absolute Gasteiger partial charge is 0.315 e. The summed E-state index contributed by atoms with van der Waals surface area (Å²) in [6.07, 6.45) is 0.997. The fraction of sp³-hybridized carbons (Fsp3) is 0.600. The summed E-state index contributed by atoms with van der Waals surface area (Å²) in [4.78, 5) is 0. The van der Waals surface area contributed by atoms with Crippen LogP contribution < -0.4 is 10.0 Å². The lowest BCUT2D eigenvalue weighted by molar-refractivity contribution is 0.576. The number of hydrogen-bond acceptors (Lipinski definition) is 3. The molecule has 0 aliphatic rings. The summed E-state index contributed by atoms with van der Waals surface area (Å²) < 4.78 is 27.0. The van der Waals surface area contributed by atoms with Crippen molar-refractivity contribution < 1.29 is 8.42 Å². The van der Waals surface area contributed by atoms with Gasteiger partial charge in [-0.3, -0.25) is 4.72 Å². The van der Waals surface area contributed by atoms with Crippen molar-refractivity contribution in [2.75, 3.05) is 17.8 Å². The van der Waals surface area contributed by atoms with Crippen molar-refractivity contribution in [2.24, 2.45) is 0 Å². The number of hydrogen-bond donors (Lipinski definition) is 2. The molecule has 0 aliphatic heterocycles. The zero-order valence-electron chi connectivity index (χ0n) is 12.8. The molecule has 0 amide bonds. The molecule has 1 rings (SSSR count). The van der Waals surface area contributed by atoms with Crippen molar-refractivity contribution >= 4 is 15.7 Å². The SMILES string of the molecule is CCCNCC(C)S(=O)(=O)Nc1ccc(C(C)C)cc1. The van der Waals surface area contributed by atoms with E-state index in [-0.39, 0.29) is 0 Å². The van der Waals surface area contributed by atoms with Crippen molar-refractivity contribution in [3.63, 3.8) is 0 Å². The minimum Gasteiger partial charge on any atom is -0.315 e. The number of sulfonamides is 1. The predicted octanol–water partition coefficient (Wildman–Crippen LogP) is 2.94. The van der Waals surface area contributed by atoms with Crippen LogP contribution in [0.25, 0.3) is 0 Å². The first-order chi connectivity index (χ1) is 9.36. The highest BCUT2D eigenvalue weighted by Gasteiger charge is 2.20. The first-order valence-electron chi connectivity index (χ1n) is 7.19. The summed E-state index contributed by atoms with van der Waals surface area (Å²) in [5.74, 6) is 0.442. The van der Waals surface area contributed by atoms with E-state index in [2.05, 4.69) is 30.8 Å². The lowest BCUT2D eigenvalue weighted by Gasteiger charge is -2.16. The minimum absolute atomic E-state index is 0.442. The summed E-state index contributed by atoms with van der Waals surface area (Å²) in [7, 11) is -3.34. The van der Waals surface area contributed by atoms with Crippen LogP contribution in [0.4, 0.5) is 5.69 Å². The molecule has 1 unspecified atom stereocenters. The van der Waals surface area contributed by atoms with E-state index in [9.17, 15) is 8.42 Å². The summed E-state index contributed by atoms with van der Waals surface area (Å²) in [6.45, 7) is 9.30. The molecule has 20 heavy (non-hydrogen) atoms. The van der Waals surface area contributed by atoms with Gasteiger partial charge in [-0.05, 0) is 43.5 Å². The monoisotopic (exact) mass is 298 g/mol. The summed E-state index contributed by atoms with van der Waals surface area (Å²) in [5, 5.41) is 2.67. The average Bonchev–Trinajstić information content (AvgIpc) is 2.39. The highest BCUT2D eigenvalue weighted by atomic mass is 32.2. The van der Waals surface area contributed by atoms with Crippen molar-refractivity contribution in [2.45, 2.75) is 45.3 Å².